The fourth-order valence-electron chi connectivity index (χ4n) is 9.96. The zero-order chi connectivity index (χ0) is 39.3. The molecule has 3 aromatic heterocycles. The van der Waals surface area contributed by atoms with E-state index in [-0.39, 0.29) is 0 Å². The number of para-hydroxylation sites is 2. The van der Waals surface area contributed by atoms with Gasteiger partial charge in [0.05, 0.1) is 16.7 Å². The molecule has 0 bridgehead atoms. The molecule has 2 aliphatic rings. The van der Waals surface area contributed by atoms with Crippen molar-refractivity contribution in [2.75, 3.05) is 0 Å². The Morgan fingerprint density at radius 3 is 1.20 bits per heavy atom. The summed E-state index contributed by atoms with van der Waals surface area (Å²) < 4.78 is 4.52. The van der Waals surface area contributed by atoms with Crippen LogP contribution in [-0.4, -0.2) is 19.1 Å². The Bertz CT molecular complexity index is 3430. The van der Waals surface area contributed by atoms with Crippen LogP contribution in [0.1, 0.15) is 0 Å². The van der Waals surface area contributed by atoms with E-state index < -0.39 is 0 Å². The van der Waals surface area contributed by atoms with Crippen molar-refractivity contribution >= 4 is 21.8 Å². The van der Waals surface area contributed by atoms with E-state index in [1.54, 1.807) is 0 Å². The van der Waals surface area contributed by atoms with E-state index in [1.807, 2.05) is 6.20 Å². The summed E-state index contributed by atoms with van der Waals surface area (Å²) in [6.07, 6.45) is 6.48. The standard InChI is InChI=1S/C56H34N4/c1-2-16-37-36(15-1)38-17-4-7-22-43(38)51-33-59(34-52(51)44-23-8-5-18-39(37)44)56-57-32-50-45-30-29-35(60-53-27-13-11-24-46(53)47-25-12-14-28-54(47)60)31-49(45)42-21-6-3-19-40(42)41-20-9-10-26-48(41)55(50)58-56/h1-34H. The molecule has 60 heavy (non-hydrogen) atoms. The third kappa shape index (κ3) is 4.73. The number of nitrogens with zero attached hydrogens (tertiary/aromatic N) is 4. The second-order valence-electron chi connectivity index (χ2n) is 15.8. The molecule has 0 unspecified atom stereocenters. The van der Waals surface area contributed by atoms with Gasteiger partial charge < -0.3 is 4.57 Å². The lowest BCUT2D eigenvalue weighted by Gasteiger charge is -2.23. The molecule has 8 aromatic carbocycles. The van der Waals surface area contributed by atoms with Gasteiger partial charge in [-0.05, 0) is 85.5 Å². The second kappa shape index (κ2) is 12.7. The number of hydrogen-bond donors (Lipinski definition) is 0. The van der Waals surface area contributed by atoms with Gasteiger partial charge in [0.15, 0.2) is 0 Å². The van der Waals surface area contributed by atoms with Crippen molar-refractivity contribution in [1.82, 2.24) is 19.1 Å². The van der Waals surface area contributed by atoms with Crippen LogP contribution in [-0.2, 0) is 0 Å². The first kappa shape index (κ1) is 32.9. The van der Waals surface area contributed by atoms with Gasteiger partial charge in [0.2, 0.25) is 5.95 Å². The van der Waals surface area contributed by atoms with Gasteiger partial charge in [0.1, 0.15) is 0 Å². The summed E-state index contributed by atoms with van der Waals surface area (Å²) >= 11 is 0. The molecule has 0 aliphatic heterocycles. The zero-order valence-electron chi connectivity index (χ0n) is 32.4. The van der Waals surface area contributed by atoms with Crippen LogP contribution < -0.4 is 0 Å². The van der Waals surface area contributed by atoms with Crippen molar-refractivity contribution < 1.29 is 0 Å². The molecule has 0 radical (unpaired) electrons. The molecule has 13 rings (SSSR count). The van der Waals surface area contributed by atoms with Crippen LogP contribution in [0, 0.1) is 0 Å². The maximum absolute atomic E-state index is 5.54. The Kier molecular flexibility index (Phi) is 6.98. The van der Waals surface area contributed by atoms with E-state index >= 15 is 0 Å². The topological polar surface area (TPSA) is 35.6 Å². The maximum atomic E-state index is 5.54. The van der Waals surface area contributed by atoms with Gasteiger partial charge in [-0.2, -0.15) is 0 Å². The summed E-state index contributed by atoms with van der Waals surface area (Å²) in [7, 11) is 0. The maximum Gasteiger partial charge on any atom is 0.234 e. The molecule has 4 nitrogen and oxygen atoms in total. The lowest BCUT2D eigenvalue weighted by Crippen LogP contribution is -2.05. The number of aromatic nitrogens is 4. The summed E-state index contributed by atoms with van der Waals surface area (Å²) in [6, 6.07) is 68.0. The first-order chi connectivity index (χ1) is 29.8. The second-order valence-corrected chi connectivity index (χ2v) is 15.8. The lowest BCUT2D eigenvalue weighted by molar-refractivity contribution is 0.940. The number of hydrogen-bond acceptors (Lipinski definition) is 2. The van der Waals surface area contributed by atoms with Crippen LogP contribution in [0.15, 0.2) is 207 Å². The minimum Gasteiger partial charge on any atom is -0.309 e. The number of benzene rings is 8. The van der Waals surface area contributed by atoms with Crippen LogP contribution in [0.4, 0.5) is 0 Å². The van der Waals surface area contributed by atoms with Gasteiger partial charge in [-0.1, -0.05) is 164 Å². The Hall–Kier alpha value is -8.08. The molecule has 0 amide bonds. The molecule has 0 spiro atoms. The van der Waals surface area contributed by atoms with Gasteiger partial charge in [-0.25, -0.2) is 9.97 Å². The van der Waals surface area contributed by atoms with E-state index in [9.17, 15) is 0 Å². The minimum absolute atomic E-state index is 0.625. The van der Waals surface area contributed by atoms with E-state index in [1.165, 1.54) is 66.3 Å². The van der Waals surface area contributed by atoms with Gasteiger partial charge in [0, 0.05) is 57.3 Å². The van der Waals surface area contributed by atoms with Gasteiger partial charge in [-0.3, -0.25) is 4.57 Å². The zero-order valence-corrected chi connectivity index (χ0v) is 32.4. The van der Waals surface area contributed by atoms with E-state index in [4.69, 9.17) is 9.97 Å². The van der Waals surface area contributed by atoms with Crippen molar-refractivity contribution in [3.8, 4) is 101 Å². The van der Waals surface area contributed by atoms with Crippen LogP contribution in [0.3, 0.4) is 0 Å². The third-order valence-corrected chi connectivity index (χ3v) is 12.6. The molecule has 0 N–H and O–H groups in total. The summed E-state index contributed by atoms with van der Waals surface area (Å²) in [5.41, 5.74) is 21.8. The summed E-state index contributed by atoms with van der Waals surface area (Å²) in [5, 5.41) is 2.49. The van der Waals surface area contributed by atoms with Crippen LogP contribution in [0.25, 0.3) is 123 Å². The molecular weight excluding hydrogens is 729 g/mol. The largest absolute Gasteiger partial charge is 0.309 e. The molecule has 3 heterocycles. The first-order valence-electron chi connectivity index (χ1n) is 20.5. The van der Waals surface area contributed by atoms with Crippen molar-refractivity contribution in [2.45, 2.75) is 0 Å². The van der Waals surface area contributed by atoms with Crippen LogP contribution >= 0.6 is 0 Å². The van der Waals surface area contributed by atoms with E-state index in [2.05, 4.69) is 210 Å². The van der Waals surface area contributed by atoms with E-state index in [0.717, 1.165) is 50.3 Å². The molecule has 2 aliphatic carbocycles. The average molecular weight is 763 g/mol. The quantitative estimate of drug-likeness (QED) is 0.176. The summed E-state index contributed by atoms with van der Waals surface area (Å²) in [5.74, 6) is 0.625. The predicted molar refractivity (Wildman–Crippen MR) is 246 cm³/mol. The molecule has 0 saturated heterocycles. The highest BCUT2D eigenvalue weighted by Crippen LogP contribution is 2.50. The highest BCUT2D eigenvalue weighted by Gasteiger charge is 2.27. The molecule has 0 atom stereocenters. The van der Waals surface area contributed by atoms with Crippen LogP contribution in [0.5, 0.6) is 0 Å². The Labute approximate surface area is 347 Å². The van der Waals surface area contributed by atoms with E-state index in [0.29, 0.717) is 5.95 Å². The normalized spacial score (nSPS) is 12.0. The Balaban J connectivity index is 1.05. The lowest BCUT2D eigenvalue weighted by atomic mass is 9.82. The first-order valence-corrected chi connectivity index (χ1v) is 20.5. The van der Waals surface area contributed by atoms with Gasteiger partial charge in [0.25, 0.3) is 0 Å². The highest BCUT2D eigenvalue weighted by molar-refractivity contribution is 6.10. The molecule has 11 aromatic rings. The monoisotopic (exact) mass is 762 g/mol. The number of rotatable bonds is 2. The van der Waals surface area contributed by atoms with Crippen molar-refractivity contribution in [2.24, 2.45) is 0 Å². The summed E-state index contributed by atoms with van der Waals surface area (Å²) in [6.45, 7) is 0. The molecule has 0 saturated carbocycles. The van der Waals surface area contributed by atoms with Gasteiger partial charge in [-0.15, -0.1) is 0 Å². The SMILES string of the molecule is c1ccc2c(c1)-c1ccccc1-c1cn(-c3ncc4c(n3)-c3ccccc3-c3ccccc3-c3cc(-n5c6ccccc6c6ccccc65)ccc3-4)cc1-c1ccccc1-2. The Morgan fingerprint density at radius 2 is 0.700 bits per heavy atom. The summed E-state index contributed by atoms with van der Waals surface area (Å²) in [4.78, 5) is 10.7. The smallest absolute Gasteiger partial charge is 0.234 e. The minimum atomic E-state index is 0.625. The molecule has 278 valence electrons. The van der Waals surface area contributed by atoms with Crippen molar-refractivity contribution in [1.29, 1.82) is 0 Å². The fraction of sp³-hybridized carbons (Fsp3) is 0. The van der Waals surface area contributed by atoms with Crippen molar-refractivity contribution in [3.05, 3.63) is 207 Å². The highest BCUT2D eigenvalue weighted by atomic mass is 15.1. The Morgan fingerprint density at radius 1 is 0.317 bits per heavy atom. The average Bonchev–Trinajstić information content (AvgIpc) is 3.91. The predicted octanol–water partition coefficient (Wildman–Crippen LogP) is 14.3. The van der Waals surface area contributed by atoms with Gasteiger partial charge >= 0.3 is 0 Å². The molecule has 0 fully saturated rings. The van der Waals surface area contributed by atoms with Crippen LogP contribution in [0.2, 0.25) is 0 Å². The third-order valence-electron chi connectivity index (χ3n) is 12.6. The number of fused-ring (bicyclic) bond motifs is 19. The van der Waals surface area contributed by atoms with Crippen molar-refractivity contribution in [3.63, 3.8) is 0 Å². The molecular formula is C56H34N4. The molecule has 4 heteroatoms. The fourth-order valence-corrected chi connectivity index (χ4v) is 9.96.